The van der Waals surface area contributed by atoms with E-state index >= 15 is 0 Å². The molecule has 0 saturated carbocycles. The maximum atomic E-state index is 0. The van der Waals surface area contributed by atoms with Crippen LogP contribution in [-0.2, 0) is 33.6 Å². The molecule has 38 valence electrons. The molecule has 5 heavy (non-hydrogen) atoms. The number of hydrogen-bond donors (Lipinski definition) is 0. The van der Waals surface area contributed by atoms with Crippen LogP contribution in [0, 0.1) is 0 Å². The minimum Gasteiger partial charge on any atom is -1.00 e. The molecule has 0 saturated heterocycles. The van der Waals surface area contributed by atoms with Gasteiger partial charge in [-0.15, -0.1) is 0 Å². The Balaban J connectivity index is 0. The summed E-state index contributed by atoms with van der Waals surface area (Å²) in [6, 6.07) is 0. The summed E-state index contributed by atoms with van der Waals surface area (Å²) >= 11 is 0. The fourth-order valence-electron chi connectivity index (χ4n) is 0. The van der Waals surface area contributed by atoms with Crippen molar-refractivity contribution in [2.75, 3.05) is 0 Å². The predicted octanol–water partition coefficient (Wildman–Crippen LogP) is -2.53. The molecule has 0 aromatic rings. The molecular formula is H8AlCuMgNiSi. The second kappa shape index (κ2) is 31.2. The van der Waals surface area contributed by atoms with Crippen molar-refractivity contribution in [2.24, 2.45) is 0 Å². The third kappa shape index (κ3) is 20.9. The summed E-state index contributed by atoms with van der Waals surface area (Å²) in [7, 11) is 0. The fourth-order valence-corrected chi connectivity index (χ4v) is 0. The van der Waals surface area contributed by atoms with Crippen LogP contribution in [0.15, 0.2) is 0 Å². The third-order valence-corrected chi connectivity index (χ3v) is 0. The smallest absolute Gasteiger partial charge is 1.00 e. The van der Waals surface area contributed by atoms with Gasteiger partial charge >= 0.3 is 23.1 Å². The minimum absolute atomic E-state index is 0. The Morgan fingerprint density at radius 2 is 1.20 bits per heavy atom. The molecule has 0 rings (SSSR count). The van der Waals surface area contributed by atoms with Crippen LogP contribution in [0.4, 0.5) is 0 Å². The van der Waals surface area contributed by atoms with E-state index in [-0.39, 0.29) is 87.8 Å². The van der Waals surface area contributed by atoms with Gasteiger partial charge < -0.3 is 2.85 Å². The molecule has 0 N–H and O–H groups in total. The van der Waals surface area contributed by atoms with Gasteiger partial charge in [-0.25, -0.2) is 0 Å². The van der Waals surface area contributed by atoms with E-state index < -0.39 is 0 Å². The van der Waals surface area contributed by atoms with Gasteiger partial charge in [0.25, 0.3) is 0 Å². The minimum atomic E-state index is 0. The van der Waals surface area contributed by atoms with E-state index in [0.29, 0.717) is 0 Å². The summed E-state index contributed by atoms with van der Waals surface area (Å²) in [4.78, 5) is 0. The normalized spacial score (nSPS) is 0. The summed E-state index contributed by atoms with van der Waals surface area (Å²) in [5.41, 5.74) is 0. The van der Waals surface area contributed by atoms with Crippen molar-refractivity contribution in [3.05, 3.63) is 0 Å². The summed E-state index contributed by atoms with van der Waals surface area (Å²) in [5, 5.41) is 0. The first kappa shape index (κ1) is 50.2. The number of rotatable bonds is 0. The van der Waals surface area contributed by atoms with Gasteiger partial charge in [-0.2, -0.15) is 0 Å². The molecular weight excluding hydrogens is 202 g/mol. The molecule has 5 heteroatoms. The average Bonchev–Trinajstić information content (AvgIpc) is 0. The standard InChI is InChI=1S/Al.Cu.Mg.Ni.H3Si.5H/h;;;;1H3;;;;;/q;;+2;;;;;;2*-1. The maximum Gasteiger partial charge on any atom is 2.00 e. The first-order valence-electron chi connectivity index (χ1n) is 0. The number of hydrogen-bond acceptors (Lipinski definition) is 0. The molecule has 0 aliphatic heterocycles. The third-order valence-electron chi connectivity index (χ3n) is 0. The van der Waals surface area contributed by atoms with Gasteiger partial charge in [-0.1, -0.05) is 0 Å². The summed E-state index contributed by atoms with van der Waals surface area (Å²) < 4.78 is 0. The Morgan fingerprint density at radius 3 is 1.20 bits per heavy atom. The van der Waals surface area contributed by atoms with Crippen LogP contribution in [0.25, 0.3) is 0 Å². The van der Waals surface area contributed by atoms with Crippen LogP contribution >= 0.6 is 0 Å². The predicted molar refractivity (Wildman–Crippen MR) is 27.9 cm³/mol. The van der Waals surface area contributed by atoms with E-state index in [1.165, 1.54) is 0 Å². The van der Waals surface area contributed by atoms with Crippen molar-refractivity contribution in [3.63, 3.8) is 0 Å². The molecule has 0 amide bonds. The van der Waals surface area contributed by atoms with Crippen LogP contribution in [0.3, 0.4) is 0 Å². The van der Waals surface area contributed by atoms with Crippen molar-refractivity contribution in [3.8, 4) is 0 Å². The molecule has 0 nitrogen and oxygen atoms in total. The van der Waals surface area contributed by atoms with E-state index in [1.807, 2.05) is 0 Å². The molecule has 0 aliphatic rings. The van der Waals surface area contributed by atoms with Crippen LogP contribution in [0.5, 0.6) is 0 Å². The van der Waals surface area contributed by atoms with Crippen LogP contribution < -0.4 is 0 Å². The van der Waals surface area contributed by atoms with Gasteiger partial charge in [-0.3, -0.25) is 0 Å². The van der Waals surface area contributed by atoms with Crippen LogP contribution in [-0.4, -0.2) is 51.4 Å². The molecule has 2 radical (unpaired) electrons. The SMILES string of the molecule is [AlH3].[Cu].[H-].[H-].[Mg+2].[Ni].[SiH3]. The van der Waals surface area contributed by atoms with Gasteiger partial charge in [0.05, 0.1) is 0 Å². The van der Waals surface area contributed by atoms with Crippen molar-refractivity contribution < 1.29 is 36.4 Å². The average molecular weight is 210 g/mol. The molecule has 0 aromatic carbocycles. The Bertz CT molecular complexity index is 17.7. The molecule has 0 atom stereocenters. The molecule has 0 aromatic heterocycles. The molecule has 0 unspecified atom stereocenters. The summed E-state index contributed by atoms with van der Waals surface area (Å²) in [6.45, 7) is 0. The van der Waals surface area contributed by atoms with Gasteiger partial charge in [-0.05, 0) is 11.0 Å². The Morgan fingerprint density at radius 1 is 1.20 bits per heavy atom. The topological polar surface area (TPSA) is 0 Å². The quantitative estimate of drug-likeness (QED) is 0.386. The Labute approximate surface area is 86.9 Å². The monoisotopic (exact) mass is 208 g/mol. The van der Waals surface area contributed by atoms with Gasteiger partial charge in [0.1, 0.15) is 0 Å². The Hall–Kier alpha value is 2.53. The van der Waals surface area contributed by atoms with E-state index in [4.69, 9.17) is 0 Å². The van der Waals surface area contributed by atoms with E-state index in [2.05, 4.69) is 0 Å². The van der Waals surface area contributed by atoms with Crippen molar-refractivity contribution in [1.29, 1.82) is 0 Å². The van der Waals surface area contributed by atoms with Crippen molar-refractivity contribution in [2.45, 2.75) is 0 Å². The maximum absolute atomic E-state index is 0. The van der Waals surface area contributed by atoms with Gasteiger partial charge in [0.2, 0.25) is 0 Å². The van der Waals surface area contributed by atoms with Gasteiger partial charge in [0, 0.05) is 33.6 Å². The Kier molecular flexibility index (Phi) is 313. The van der Waals surface area contributed by atoms with E-state index in [0.717, 1.165) is 0 Å². The van der Waals surface area contributed by atoms with E-state index in [9.17, 15) is 0 Å². The second-order valence-corrected chi connectivity index (χ2v) is 0. The van der Waals surface area contributed by atoms with E-state index in [1.54, 1.807) is 0 Å². The largest absolute Gasteiger partial charge is 2.00 e. The zero-order valence-corrected chi connectivity index (χ0v) is 7.67. The zero-order valence-electron chi connectivity index (χ0n) is 4.32. The molecule has 0 heterocycles. The van der Waals surface area contributed by atoms with Crippen LogP contribution in [0.2, 0.25) is 0 Å². The van der Waals surface area contributed by atoms with Crippen molar-refractivity contribution >= 4 is 51.4 Å². The summed E-state index contributed by atoms with van der Waals surface area (Å²) in [6.07, 6.45) is 0. The first-order valence-corrected chi connectivity index (χ1v) is 0. The van der Waals surface area contributed by atoms with Crippen LogP contribution in [0.1, 0.15) is 2.85 Å². The van der Waals surface area contributed by atoms with Gasteiger partial charge in [0.15, 0.2) is 17.4 Å². The zero-order chi connectivity index (χ0) is 0. The first-order chi connectivity index (χ1) is 0. The van der Waals surface area contributed by atoms with Crippen molar-refractivity contribution in [1.82, 2.24) is 0 Å². The molecule has 0 bridgehead atoms. The molecule has 0 aliphatic carbocycles. The molecule has 0 spiro atoms. The molecule has 0 fully saturated rings. The second-order valence-electron chi connectivity index (χ2n) is 0. The fraction of sp³-hybridized carbons (Fsp3) is 0. The summed E-state index contributed by atoms with van der Waals surface area (Å²) in [5.74, 6) is 0.